The number of nitrogens with zero attached hydrogens (tertiary/aromatic N) is 4. The molecule has 1 aromatic heterocycles. The fourth-order valence-electron chi connectivity index (χ4n) is 3.45. The van der Waals surface area contributed by atoms with Gasteiger partial charge in [-0.3, -0.25) is 9.59 Å². The first-order chi connectivity index (χ1) is 11.9. The van der Waals surface area contributed by atoms with Gasteiger partial charge in [0.15, 0.2) is 5.69 Å². The predicted molar refractivity (Wildman–Crippen MR) is 99.0 cm³/mol. The summed E-state index contributed by atoms with van der Waals surface area (Å²) in [5, 5.41) is 5.63. The summed E-state index contributed by atoms with van der Waals surface area (Å²) in [5.74, 6) is -0.0807. The van der Waals surface area contributed by atoms with Gasteiger partial charge in [-0.2, -0.15) is 5.10 Å². The number of amides is 1. The van der Waals surface area contributed by atoms with Gasteiger partial charge in [-0.25, -0.2) is 4.68 Å². The van der Waals surface area contributed by atoms with Gasteiger partial charge in [0, 0.05) is 24.5 Å². The van der Waals surface area contributed by atoms with E-state index in [0.717, 1.165) is 25.9 Å². The quantitative estimate of drug-likeness (QED) is 0.857. The second-order valence-electron chi connectivity index (χ2n) is 7.22. The van der Waals surface area contributed by atoms with E-state index in [4.69, 9.17) is 0 Å². The molecule has 0 spiro atoms. The minimum Gasteiger partial charge on any atom is -0.337 e. The highest BCUT2D eigenvalue weighted by atomic mass is 16.2. The average Bonchev–Trinajstić information content (AvgIpc) is 2.61. The first-order valence-electron chi connectivity index (χ1n) is 8.87. The van der Waals surface area contributed by atoms with E-state index in [1.165, 1.54) is 4.68 Å². The summed E-state index contributed by atoms with van der Waals surface area (Å²) < 4.78 is 1.42. The molecule has 0 aliphatic carbocycles. The third kappa shape index (κ3) is 3.31. The van der Waals surface area contributed by atoms with Crippen LogP contribution in [0.2, 0.25) is 0 Å². The van der Waals surface area contributed by atoms with Crippen LogP contribution in [0.3, 0.4) is 0 Å². The van der Waals surface area contributed by atoms with Gasteiger partial charge in [-0.05, 0) is 46.9 Å². The molecule has 0 bridgehead atoms. The fourth-order valence-corrected chi connectivity index (χ4v) is 3.45. The molecular weight excluding hydrogens is 316 g/mol. The minimum absolute atomic E-state index is 0.0807. The monoisotopic (exact) mass is 342 g/mol. The van der Waals surface area contributed by atoms with E-state index in [9.17, 15) is 9.59 Å². The van der Waals surface area contributed by atoms with Gasteiger partial charge in [-0.1, -0.05) is 18.2 Å². The summed E-state index contributed by atoms with van der Waals surface area (Å²) in [6.45, 7) is 5.25. The molecule has 2 heterocycles. The van der Waals surface area contributed by atoms with E-state index in [-0.39, 0.29) is 17.5 Å². The van der Waals surface area contributed by atoms with Crippen molar-refractivity contribution in [1.29, 1.82) is 0 Å². The normalized spacial score (nSPS) is 16.2. The third-order valence-electron chi connectivity index (χ3n) is 5.00. The molecule has 0 saturated carbocycles. The fraction of sp³-hybridized carbons (Fsp3) is 0.526. The maximum atomic E-state index is 13.1. The molecule has 6 nitrogen and oxygen atoms in total. The lowest BCUT2D eigenvalue weighted by atomic mass is 10.0. The van der Waals surface area contributed by atoms with Crippen molar-refractivity contribution in [2.24, 2.45) is 0 Å². The molecule has 1 amide bonds. The summed E-state index contributed by atoms with van der Waals surface area (Å²) in [6, 6.07) is 7.67. The molecule has 1 fully saturated rings. The van der Waals surface area contributed by atoms with Gasteiger partial charge in [0.25, 0.3) is 11.5 Å². The summed E-state index contributed by atoms with van der Waals surface area (Å²) in [7, 11) is 4.16. The number of piperidine rings is 1. The maximum absolute atomic E-state index is 13.1. The van der Waals surface area contributed by atoms with E-state index >= 15 is 0 Å². The SMILES string of the molecule is CC(C)n1nc(C(=O)N2CCC(N(C)C)CC2)c2ccccc2c1=O. The zero-order valence-electron chi connectivity index (χ0n) is 15.4. The van der Waals surface area contributed by atoms with Crippen LogP contribution in [0.5, 0.6) is 0 Å². The van der Waals surface area contributed by atoms with Crippen molar-refractivity contribution in [1.82, 2.24) is 19.6 Å². The lowest BCUT2D eigenvalue weighted by Crippen LogP contribution is -2.45. The Hall–Kier alpha value is -2.21. The second-order valence-corrected chi connectivity index (χ2v) is 7.22. The van der Waals surface area contributed by atoms with Crippen LogP contribution in [0.25, 0.3) is 10.8 Å². The topological polar surface area (TPSA) is 58.4 Å². The largest absolute Gasteiger partial charge is 0.337 e. The van der Waals surface area contributed by atoms with Gasteiger partial charge in [0.1, 0.15) is 0 Å². The van der Waals surface area contributed by atoms with Crippen LogP contribution >= 0.6 is 0 Å². The highest BCUT2D eigenvalue weighted by Gasteiger charge is 2.27. The Bertz CT molecular complexity index is 833. The number of carbonyl (C=O) groups is 1. The van der Waals surface area contributed by atoms with Crippen molar-refractivity contribution >= 4 is 16.7 Å². The summed E-state index contributed by atoms with van der Waals surface area (Å²) >= 11 is 0. The van der Waals surface area contributed by atoms with Crippen molar-refractivity contribution in [2.75, 3.05) is 27.2 Å². The molecule has 3 rings (SSSR count). The van der Waals surface area contributed by atoms with Gasteiger partial charge in [-0.15, -0.1) is 0 Å². The molecule has 0 N–H and O–H groups in total. The van der Waals surface area contributed by atoms with Crippen LogP contribution in [0, 0.1) is 0 Å². The van der Waals surface area contributed by atoms with Gasteiger partial charge in [0.05, 0.1) is 11.4 Å². The van der Waals surface area contributed by atoms with Crippen molar-refractivity contribution in [2.45, 2.75) is 38.8 Å². The predicted octanol–water partition coefficient (Wildman–Crippen LogP) is 2.14. The van der Waals surface area contributed by atoms with E-state index in [1.54, 1.807) is 6.07 Å². The zero-order chi connectivity index (χ0) is 18.1. The molecule has 25 heavy (non-hydrogen) atoms. The van der Waals surface area contributed by atoms with E-state index in [0.29, 0.717) is 22.5 Å². The van der Waals surface area contributed by atoms with Crippen LogP contribution in [0.1, 0.15) is 43.2 Å². The number of aromatic nitrogens is 2. The summed E-state index contributed by atoms with van der Waals surface area (Å²) in [4.78, 5) is 29.8. The highest BCUT2D eigenvalue weighted by molar-refractivity contribution is 6.04. The second kappa shape index (κ2) is 6.96. The number of rotatable bonds is 3. The third-order valence-corrected chi connectivity index (χ3v) is 5.00. The zero-order valence-corrected chi connectivity index (χ0v) is 15.4. The Morgan fingerprint density at radius 2 is 1.76 bits per heavy atom. The van der Waals surface area contributed by atoms with Crippen LogP contribution in [0.15, 0.2) is 29.1 Å². The van der Waals surface area contributed by atoms with E-state index in [2.05, 4.69) is 24.1 Å². The molecule has 0 radical (unpaired) electrons. The van der Waals surface area contributed by atoms with Crippen LogP contribution < -0.4 is 5.56 Å². The first-order valence-corrected chi connectivity index (χ1v) is 8.87. The van der Waals surface area contributed by atoms with Crippen molar-refractivity contribution in [3.63, 3.8) is 0 Å². The molecule has 1 aromatic carbocycles. The van der Waals surface area contributed by atoms with E-state index in [1.807, 2.05) is 36.9 Å². The Labute approximate surface area is 148 Å². The molecule has 1 saturated heterocycles. The van der Waals surface area contributed by atoms with Crippen molar-refractivity contribution in [3.8, 4) is 0 Å². The van der Waals surface area contributed by atoms with Gasteiger partial charge >= 0.3 is 0 Å². The summed E-state index contributed by atoms with van der Waals surface area (Å²) in [5.41, 5.74) is 0.237. The Balaban J connectivity index is 1.99. The molecule has 1 aliphatic heterocycles. The highest BCUT2D eigenvalue weighted by Crippen LogP contribution is 2.20. The lowest BCUT2D eigenvalue weighted by molar-refractivity contribution is 0.0656. The number of hydrogen-bond acceptors (Lipinski definition) is 4. The Morgan fingerprint density at radius 1 is 1.16 bits per heavy atom. The smallest absolute Gasteiger partial charge is 0.274 e. The number of benzene rings is 1. The molecule has 134 valence electrons. The molecule has 6 heteroatoms. The minimum atomic E-state index is -0.145. The molecule has 0 atom stereocenters. The number of hydrogen-bond donors (Lipinski definition) is 0. The maximum Gasteiger partial charge on any atom is 0.274 e. The summed E-state index contributed by atoms with van der Waals surface area (Å²) in [6.07, 6.45) is 1.92. The van der Waals surface area contributed by atoms with E-state index < -0.39 is 0 Å². The molecule has 0 unspecified atom stereocenters. The Morgan fingerprint density at radius 3 is 2.32 bits per heavy atom. The first kappa shape index (κ1) is 17.6. The van der Waals surface area contributed by atoms with Crippen molar-refractivity contribution in [3.05, 3.63) is 40.3 Å². The molecule has 2 aromatic rings. The average molecular weight is 342 g/mol. The van der Waals surface area contributed by atoms with Gasteiger partial charge in [0.2, 0.25) is 0 Å². The molecule has 1 aliphatic rings. The number of likely N-dealkylation sites (tertiary alicyclic amines) is 1. The lowest BCUT2D eigenvalue weighted by Gasteiger charge is -2.35. The van der Waals surface area contributed by atoms with Crippen LogP contribution in [0.4, 0.5) is 0 Å². The van der Waals surface area contributed by atoms with Crippen LogP contribution in [-0.4, -0.2) is 58.7 Å². The number of fused-ring (bicyclic) bond motifs is 1. The van der Waals surface area contributed by atoms with Crippen molar-refractivity contribution < 1.29 is 4.79 Å². The number of carbonyl (C=O) groups excluding carboxylic acids is 1. The van der Waals surface area contributed by atoms with Crippen LogP contribution in [-0.2, 0) is 0 Å². The standard InChI is InChI=1S/C19H26N4O2/c1-13(2)23-18(24)16-8-6-5-7-15(16)17(20-23)19(25)22-11-9-14(10-12-22)21(3)4/h5-8,13-14H,9-12H2,1-4H3. The molecular formula is C19H26N4O2. The Kier molecular flexibility index (Phi) is 4.90. The van der Waals surface area contributed by atoms with Gasteiger partial charge < -0.3 is 9.80 Å².